The van der Waals surface area contributed by atoms with Crippen LogP contribution in [0.1, 0.15) is 12.8 Å². The van der Waals surface area contributed by atoms with E-state index < -0.39 is 12.8 Å². The van der Waals surface area contributed by atoms with Crippen molar-refractivity contribution in [2.75, 3.05) is 39.9 Å². The summed E-state index contributed by atoms with van der Waals surface area (Å²) < 4.78 is 40.0. The highest BCUT2D eigenvalue weighted by atomic mass is 19.4. The smallest absolute Gasteiger partial charge is 0.371 e. The molecule has 1 N–H and O–H groups in total. The topological polar surface area (TPSA) is 24.5 Å². The number of alkyl halides is 3. The van der Waals surface area contributed by atoms with Gasteiger partial charge in [0.15, 0.2) is 0 Å². The van der Waals surface area contributed by atoms with Gasteiger partial charge in [0.05, 0.1) is 6.61 Å². The van der Waals surface area contributed by atoms with E-state index in [4.69, 9.17) is 0 Å². The Kier molecular flexibility index (Phi) is 5.51. The average molecular weight is 240 g/mol. The van der Waals surface area contributed by atoms with Crippen molar-refractivity contribution >= 4 is 0 Å². The van der Waals surface area contributed by atoms with Gasteiger partial charge in [-0.2, -0.15) is 13.2 Å². The molecule has 3 nitrogen and oxygen atoms in total. The number of likely N-dealkylation sites (tertiary alicyclic amines) is 1. The minimum atomic E-state index is -4.21. The van der Waals surface area contributed by atoms with E-state index in [0.717, 1.165) is 25.9 Å². The number of nitrogens with one attached hydrogen (secondary N) is 1. The summed E-state index contributed by atoms with van der Waals surface area (Å²) in [7, 11) is 1.91. The summed E-state index contributed by atoms with van der Waals surface area (Å²) in [6.45, 7) is 1.43. The monoisotopic (exact) mass is 240 g/mol. The molecular formula is C10H19F3N2O. The number of nitrogens with zero attached hydrogens (tertiary/aromatic N) is 1. The molecule has 1 atom stereocenters. The number of ether oxygens (including phenoxy) is 1. The van der Waals surface area contributed by atoms with Gasteiger partial charge in [0.1, 0.15) is 6.61 Å². The van der Waals surface area contributed by atoms with Crippen LogP contribution in [0.25, 0.3) is 0 Å². The molecule has 0 aromatic carbocycles. The fourth-order valence-electron chi connectivity index (χ4n) is 1.88. The molecule has 0 saturated carbocycles. The number of hydrogen-bond acceptors (Lipinski definition) is 3. The van der Waals surface area contributed by atoms with Gasteiger partial charge in [-0.3, -0.25) is 4.90 Å². The van der Waals surface area contributed by atoms with Crippen molar-refractivity contribution in [1.29, 1.82) is 0 Å². The van der Waals surface area contributed by atoms with Gasteiger partial charge >= 0.3 is 6.18 Å². The number of piperidine rings is 1. The first-order valence-electron chi connectivity index (χ1n) is 5.55. The highest BCUT2D eigenvalue weighted by Gasteiger charge is 2.27. The molecule has 0 bridgehead atoms. The minimum Gasteiger partial charge on any atom is -0.371 e. The Hall–Kier alpha value is -0.330. The van der Waals surface area contributed by atoms with Crippen LogP contribution in [0.15, 0.2) is 0 Å². The van der Waals surface area contributed by atoms with Crippen molar-refractivity contribution in [3.05, 3.63) is 0 Å². The van der Waals surface area contributed by atoms with Gasteiger partial charge in [-0.15, -0.1) is 0 Å². The maximum absolute atomic E-state index is 11.8. The van der Waals surface area contributed by atoms with Gasteiger partial charge in [0, 0.05) is 19.1 Å². The Morgan fingerprint density at radius 3 is 2.81 bits per heavy atom. The first kappa shape index (κ1) is 13.7. The Labute approximate surface area is 93.9 Å². The Bertz CT molecular complexity index is 199. The van der Waals surface area contributed by atoms with Crippen LogP contribution in [0.2, 0.25) is 0 Å². The molecule has 0 amide bonds. The van der Waals surface area contributed by atoms with Crippen LogP contribution < -0.4 is 5.32 Å². The molecule has 1 unspecified atom stereocenters. The zero-order chi connectivity index (χ0) is 12.0. The number of likely N-dealkylation sites (N-methyl/N-ethyl adjacent to an activating group) is 1. The second-order valence-electron chi connectivity index (χ2n) is 4.10. The van der Waals surface area contributed by atoms with Crippen molar-refractivity contribution in [3.63, 3.8) is 0 Å². The lowest BCUT2D eigenvalue weighted by atomic mass is 10.1. The molecule has 0 spiro atoms. The molecule has 0 aliphatic carbocycles. The van der Waals surface area contributed by atoms with Gasteiger partial charge in [-0.05, 0) is 26.4 Å². The van der Waals surface area contributed by atoms with E-state index in [1.165, 1.54) is 0 Å². The first-order valence-corrected chi connectivity index (χ1v) is 5.55. The summed E-state index contributed by atoms with van der Waals surface area (Å²) >= 11 is 0. The van der Waals surface area contributed by atoms with Crippen LogP contribution in [0, 0.1) is 0 Å². The summed E-state index contributed by atoms with van der Waals surface area (Å²) in [5.74, 6) is 0. The lowest BCUT2D eigenvalue weighted by molar-refractivity contribution is -0.174. The molecule has 1 rings (SSSR count). The molecule has 1 aliphatic rings. The molecule has 0 aromatic heterocycles. The van der Waals surface area contributed by atoms with Crippen molar-refractivity contribution in [2.24, 2.45) is 0 Å². The van der Waals surface area contributed by atoms with E-state index in [2.05, 4.69) is 15.0 Å². The number of rotatable bonds is 5. The molecule has 16 heavy (non-hydrogen) atoms. The van der Waals surface area contributed by atoms with Crippen molar-refractivity contribution in [1.82, 2.24) is 10.2 Å². The standard InChI is InChI=1S/C10H19F3N2O/c1-14-9-3-2-4-15(7-9)5-6-16-8-10(11,12)13/h9,14H,2-8H2,1H3. The first-order chi connectivity index (χ1) is 7.51. The number of hydrogen-bond donors (Lipinski definition) is 1. The quantitative estimate of drug-likeness (QED) is 0.732. The largest absolute Gasteiger partial charge is 0.411 e. The molecular weight excluding hydrogens is 221 g/mol. The third-order valence-electron chi connectivity index (χ3n) is 2.73. The predicted molar refractivity (Wildman–Crippen MR) is 55.4 cm³/mol. The van der Waals surface area contributed by atoms with E-state index in [-0.39, 0.29) is 6.61 Å². The third kappa shape index (κ3) is 5.67. The summed E-state index contributed by atoms with van der Waals surface area (Å²) in [6.07, 6.45) is -1.99. The highest BCUT2D eigenvalue weighted by molar-refractivity contribution is 4.76. The summed E-state index contributed by atoms with van der Waals surface area (Å²) in [4.78, 5) is 2.14. The van der Waals surface area contributed by atoms with Crippen molar-refractivity contribution in [2.45, 2.75) is 25.1 Å². The summed E-state index contributed by atoms with van der Waals surface area (Å²) in [6, 6.07) is 0.455. The van der Waals surface area contributed by atoms with Crippen LogP contribution in [-0.4, -0.2) is 57.0 Å². The predicted octanol–water partition coefficient (Wildman–Crippen LogP) is 1.25. The van der Waals surface area contributed by atoms with Gasteiger partial charge in [0.2, 0.25) is 0 Å². The molecule has 6 heteroatoms. The van der Waals surface area contributed by atoms with Gasteiger partial charge in [-0.1, -0.05) is 0 Å². The van der Waals surface area contributed by atoms with Crippen LogP contribution >= 0.6 is 0 Å². The highest BCUT2D eigenvalue weighted by Crippen LogP contribution is 2.14. The molecule has 0 aromatic rings. The lowest BCUT2D eigenvalue weighted by Crippen LogP contribution is -2.45. The molecule has 1 fully saturated rings. The van der Waals surface area contributed by atoms with Gasteiger partial charge in [0.25, 0.3) is 0 Å². The number of halogens is 3. The van der Waals surface area contributed by atoms with E-state index in [1.54, 1.807) is 0 Å². The second kappa shape index (κ2) is 6.42. The minimum absolute atomic E-state index is 0.149. The summed E-state index contributed by atoms with van der Waals surface area (Å²) in [5, 5.41) is 3.19. The normalized spacial score (nSPS) is 23.6. The van der Waals surface area contributed by atoms with Crippen molar-refractivity contribution in [3.8, 4) is 0 Å². The van der Waals surface area contributed by atoms with Crippen LogP contribution in [0.3, 0.4) is 0 Å². The molecule has 1 heterocycles. The van der Waals surface area contributed by atoms with Crippen LogP contribution in [0.4, 0.5) is 13.2 Å². The SMILES string of the molecule is CNC1CCCN(CCOCC(F)(F)F)C1. The fourth-order valence-corrected chi connectivity index (χ4v) is 1.88. The average Bonchev–Trinajstić information content (AvgIpc) is 2.23. The molecule has 0 radical (unpaired) electrons. The Morgan fingerprint density at radius 2 is 2.19 bits per heavy atom. The van der Waals surface area contributed by atoms with Crippen LogP contribution in [0.5, 0.6) is 0 Å². The molecule has 1 saturated heterocycles. The van der Waals surface area contributed by atoms with Crippen molar-refractivity contribution < 1.29 is 17.9 Å². The van der Waals surface area contributed by atoms with E-state index in [9.17, 15) is 13.2 Å². The van der Waals surface area contributed by atoms with Crippen LogP contribution in [-0.2, 0) is 4.74 Å². The van der Waals surface area contributed by atoms with E-state index >= 15 is 0 Å². The lowest BCUT2D eigenvalue weighted by Gasteiger charge is -2.32. The molecule has 1 aliphatic heterocycles. The maximum Gasteiger partial charge on any atom is 0.411 e. The summed E-state index contributed by atoms with van der Waals surface area (Å²) in [5.41, 5.74) is 0. The Morgan fingerprint density at radius 1 is 1.44 bits per heavy atom. The second-order valence-corrected chi connectivity index (χ2v) is 4.10. The van der Waals surface area contributed by atoms with Gasteiger partial charge < -0.3 is 10.1 Å². The zero-order valence-electron chi connectivity index (χ0n) is 9.52. The fraction of sp³-hybridized carbons (Fsp3) is 1.00. The van der Waals surface area contributed by atoms with E-state index in [0.29, 0.717) is 12.6 Å². The van der Waals surface area contributed by atoms with E-state index in [1.807, 2.05) is 7.05 Å². The maximum atomic E-state index is 11.8. The zero-order valence-corrected chi connectivity index (χ0v) is 9.52. The third-order valence-corrected chi connectivity index (χ3v) is 2.73. The van der Waals surface area contributed by atoms with Gasteiger partial charge in [-0.25, -0.2) is 0 Å². The Balaban J connectivity index is 2.08. The molecule has 96 valence electrons.